The van der Waals surface area contributed by atoms with Gasteiger partial charge in [-0.2, -0.15) is 0 Å². The molecule has 0 fully saturated rings. The van der Waals surface area contributed by atoms with E-state index in [9.17, 15) is 9.18 Å². The van der Waals surface area contributed by atoms with Gasteiger partial charge in [-0.1, -0.05) is 24.3 Å². The fourth-order valence-corrected chi connectivity index (χ4v) is 2.20. The van der Waals surface area contributed by atoms with Crippen molar-refractivity contribution in [1.82, 2.24) is 4.90 Å². The molecule has 1 amide bonds. The van der Waals surface area contributed by atoms with Crippen LogP contribution in [-0.4, -0.2) is 31.0 Å². The molecule has 0 saturated heterocycles. The fourth-order valence-electron chi connectivity index (χ4n) is 2.20. The third-order valence-electron chi connectivity index (χ3n) is 3.73. The monoisotopic (exact) mass is 316 g/mol. The van der Waals surface area contributed by atoms with Crippen molar-refractivity contribution in [3.8, 4) is 5.75 Å². The number of nitrogens with zero attached hydrogens (tertiary/aromatic N) is 1. The molecule has 2 aromatic carbocycles. The van der Waals surface area contributed by atoms with E-state index >= 15 is 0 Å². The summed E-state index contributed by atoms with van der Waals surface area (Å²) in [6.45, 7) is 2.28. The molecule has 0 unspecified atom stereocenters. The second-order valence-corrected chi connectivity index (χ2v) is 5.42. The second-order valence-electron chi connectivity index (χ2n) is 5.42. The van der Waals surface area contributed by atoms with Crippen molar-refractivity contribution < 1.29 is 13.9 Å². The first-order valence-corrected chi connectivity index (χ1v) is 7.40. The van der Waals surface area contributed by atoms with Gasteiger partial charge in [-0.15, -0.1) is 0 Å². The highest BCUT2D eigenvalue weighted by atomic mass is 19.1. The number of hydrogen-bond acceptors (Lipinski definition) is 3. The van der Waals surface area contributed by atoms with Crippen LogP contribution in [0.25, 0.3) is 0 Å². The summed E-state index contributed by atoms with van der Waals surface area (Å²) in [5, 5.41) is 2.86. The van der Waals surface area contributed by atoms with Gasteiger partial charge in [0.2, 0.25) is 5.91 Å². The molecule has 0 aliphatic heterocycles. The number of hydrogen-bond donors (Lipinski definition) is 1. The van der Waals surface area contributed by atoms with Gasteiger partial charge in [0.15, 0.2) is 11.6 Å². The van der Waals surface area contributed by atoms with E-state index in [-0.39, 0.29) is 17.7 Å². The lowest BCUT2D eigenvalue weighted by Crippen LogP contribution is -2.39. The minimum Gasteiger partial charge on any atom is -0.494 e. The lowest BCUT2D eigenvalue weighted by Gasteiger charge is -2.24. The molecule has 5 heteroatoms. The number of ether oxygens (including phenoxy) is 1. The molecular formula is C18H21FN2O2. The van der Waals surface area contributed by atoms with E-state index in [1.807, 2.05) is 49.2 Å². The number of benzene rings is 2. The van der Waals surface area contributed by atoms with E-state index in [0.29, 0.717) is 6.54 Å². The van der Waals surface area contributed by atoms with Gasteiger partial charge >= 0.3 is 0 Å². The molecule has 4 nitrogen and oxygen atoms in total. The Balaban J connectivity index is 1.97. The number of rotatable bonds is 6. The smallest absolute Gasteiger partial charge is 0.241 e. The van der Waals surface area contributed by atoms with Crippen LogP contribution in [0.5, 0.6) is 5.75 Å². The zero-order valence-corrected chi connectivity index (χ0v) is 13.5. The Hall–Kier alpha value is -2.40. The van der Waals surface area contributed by atoms with E-state index in [1.165, 1.54) is 13.2 Å². The summed E-state index contributed by atoms with van der Waals surface area (Å²) < 4.78 is 18.6. The summed E-state index contributed by atoms with van der Waals surface area (Å²) in [5.74, 6) is -0.293. The third kappa shape index (κ3) is 4.53. The summed E-state index contributed by atoms with van der Waals surface area (Å²) in [6.07, 6.45) is 0. The molecule has 2 rings (SSSR count). The van der Waals surface area contributed by atoms with E-state index < -0.39 is 5.82 Å². The molecule has 0 radical (unpaired) electrons. The van der Waals surface area contributed by atoms with Crippen LogP contribution in [0.4, 0.5) is 10.1 Å². The Morgan fingerprint density at radius 1 is 1.26 bits per heavy atom. The molecule has 2 aromatic rings. The lowest BCUT2D eigenvalue weighted by atomic mass is 10.1. The summed E-state index contributed by atoms with van der Waals surface area (Å²) in [4.78, 5) is 14.1. The number of halogens is 1. The largest absolute Gasteiger partial charge is 0.494 e. The topological polar surface area (TPSA) is 41.6 Å². The molecule has 23 heavy (non-hydrogen) atoms. The van der Waals surface area contributed by atoms with Gasteiger partial charge in [0, 0.05) is 12.2 Å². The zero-order valence-electron chi connectivity index (χ0n) is 13.5. The molecule has 122 valence electrons. The van der Waals surface area contributed by atoms with Crippen molar-refractivity contribution in [1.29, 1.82) is 0 Å². The number of carbonyl (C=O) groups excluding carboxylic acids is 1. The number of para-hydroxylation sites is 1. The van der Waals surface area contributed by atoms with Crippen molar-refractivity contribution >= 4 is 11.6 Å². The number of carbonyl (C=O) groups is 1. The molecule has 0 spiro atoms. The van der Waals surface area contributed by atoms with Crippen LogP contribution in [0.2, 0.25) is 0 Å². The number of methoxy groups -OCH3 is 1. The molecule has 0 aliphatic carbocycles. The van der Waals surface area contributed by atoms with Crippen LogP contribution in [0, 0.1) is 5.82 Å². The van der Waals surface area contributed by atoms with Gasteiger partial charge in [0.1, 0.15) is 0 Å². The molecule has 0 aliphatic rings. The van der Waals surface area contributed by atoms with E-state index in [2.05, 4.69) is 5.32 Å². The Morgan fingerprint density at radius 3 is 2.57 bits per heavy atom. The van der Waals surface area contributed by atoms with Crippen molar-refractivity contribution in [2.24, 2.45) is 0 Å². The highest BCUT2D eigenvalue weighted by Gasteiger charge is 2.18. The summed E-state index contributed by atoms with van der Waals surface area (Å²) in [7, 11) is 3.26. The van der Waals surface area contributed by atoms with Gasteiger partial charge < -0.3 is 10.1 Å². The van der Waals surface area contributed by atoms with Crippen LogP contribution >= 0.6 is 0 Å². The molecule has 0 heterocycles. The Labute approximate surface area is 135 Å². The Kier molecular flexibility index (Phi) is 5.71. The highest BCUT2D eigenvalue weighted by Crippen LogP contribution is 2.19. The predicted molar refractivity (Wildman–Crippen MR) is 89.0 cm³/mol. The average molecular weight is 316 g/mol. The van der Waals surface area contributed by atoms with Crippen LogP contribution < -0.4 is 10.1 Å². The third-order valence-corrected chi connectivity index (χ3v) is 3.73. The first kappa shape index (κ1) is 17.0. The van der Waals surface area contributed by atoms with E-state index in [0.717, 1.165) is 11.3 Å². The first-order chi connectivity index (χ1) is 11.0. The maximum Gasteiger partial charge on any atom is 0.241 e. The summed E-state index contributed by atoms with van der Waals surface area (Å²) >= 11 is 0. The molecule has 0 aromatic heterocycles. The molecule has 0 bridgehead atoms. The maximum atomic E-state index is 13.7. The van der Waals surface area contributed by atoms with Gasteiger partial charge in [-0.25, -0.2) is 4.39 Å². The quantitative estimate of drug-likeness (QED) is 0.889. The van der Waals surface area contributed by atoms with Crippen molar-refractivity contribution in [3.63, 3.8) is 0 Å². The number of likely N-dealkylation sites (N-methyl/N-ethyl adjacent to an activating group) is 1. The zero-order chi connectivity index (χ0) is 16.8. The summed E-state index contributed by atoms with van der Waals surface area (Å²) in [5.41, 5.74) is 1.54. The SMILES string of the molecule is COc1ccc(CN(C)[C@@H](C)C(=O)Nc2ccccc2)cc1F. The van der Waals surface area contributed by atoms with E-state index in [4.69, 9.17) is 4.74 Å². The summed E-state index contributed by atoms with van der Waals surface area (Å²) in [6, 6.07) is 13.8. The van der Waals surface area contributed by atoms with Crippen molar-refractivity contribution in [2.45, 2.75) is 19.5 Å². The number of nitrogens with one attached hydrogen (secondary N) is 1. The standard InChI is InChI=1S/C18H21FN2O2/c1-13(18(22)20-15-7-5-4-6-8-15)21(2)12-14-9-10-17(23-3)16(19)11-14/h4-11,13H,12H2,1-3H3,(H,20,22)/t13-/m0/s1. The van der Waals surface area contributed by atoms with Gasteiger partial charge in [0.25, 0.3) is 0 Å². The van der Waals surface area contributed by atoms with Gasteiger partial charge in [-0.3, -0.25) is 9.69 Å². The Bertz CT molecular complexity index is 661. The maximum absolute atomic E-state index is 13.7. The first-order valence-electron chi connectivity index (χ1n) is 7.40. The molecule has 1 N–H and O–H groups in total. The van der Waals surface area contributed by atoms with Gasteiger partial charge in [0.05, 0.1) is 13.2 Å². The van der Waals surface area contributed by atoms with Crippen LogP contribution in [0.1, 0.15) is 12.5 Å². The van der Waals surface area contributed by atoms with Crippen LogP contribution in [0.3, 0.4) is 0 Å². The molecular weight excluding hydrogens is 295 g/mol. The second kappa shape index (κ2) is 7.74. The number of amides is 1. The molecule has 1 atom stereocenters. The fraction of sp³-hybridized carbons (Fsp3) is 0.278. The van der Waals surface area contributed by atoms with E-state index in [1.54, 1.807) is 12.1 Å². The predicted octanol–water partition coefficient (Wildman–Crippen LogP) is 3.29. The minimum absolute atomic E-state index is 0.104. The highest BCUT2D eigenvalue weighted by molar-refractivity contribution is 5.94. The van der Waals surface area contributed by atoms with Crippen LogP contribution in [-0.2, 0) is 11.3 Å². The van der Waals surface area contributed by atoms with Gasteiger partial charge in [-0.05, 0) is 43.8 Å². The van der Waals surface area contributed by atoms with Crippen molar-refractivity contribution in [2.75, 3.05) is 19.5 Å². The Morgan fingerprint density at radius 2 is 1.96 bits per heavy atom. The normalized spacial score (nSPS) is 12.0. The number of anilines is 1. The lowest BCUT2D eigenvalue weighted by molar-refractivity contribution is -0.120. The molecule has 0 saturated carbocycles. The van der Waals surface area contributed by atoms with Crippen molar-refractivity contribution in [3.05, 3.63) is 59.9 Å². The minimum atomic E-state index is -0.403. The average Bonchev–Trinajstić information content (AvgIpc) is 2.55. The van der Waals surface area contributed by atoms with Crippen LogP contribution in [0.15, 0.2) is 48.5 Å².